The highest BCUT2D eigenvalue weighted by Gasteiger charge is 2.34. The van der Waals surface area contributed by atoms with Crippen molar-refractivity contribution in [2.24, 2.45) is 0 Å². The molecule has 1 N–H and O–H groups in total. The van der Waals surface area contributed by atoms with E-state index in [2.05, 4.69) is 6.08 Å². The fraction of sp³-hybridized carbons (Fsp3) is 0.688. The topological polar surface area (TPSA) is 37.3 Å². The molecule has 2 nitrogen and oxygen atoms in total. The van der Waals surface area contributed by atoms with Gasteiger partial charge in [0.25, 0.3) is 0 Å². The molecule has 2 aliphatic rings. The van der Waals surface area contributed by atoms with Crippen LogP contribution >= 0.6 is 0 Å². The van der Waals surface area contributed by atoms with Gasteiger partial charge in [-0.05, 0) is 44.6 Å². The smallest absolute Gasteiger partial charge is 0.187 e. The summed E-state index contributed by atoms with van der Waals surface area (Å²) in [5.74, 6) is -0.102. The molecule has 0 saturated heterocycles. The maximum absolute atomic E-state index is 12.0. The Hall–Kier alpha value is -0.890. The predicted molar refractivity (Wildman–Crippen MR) is 73.3 cm³/mol. The van der Waals surface area contributed by atoms with Crippen molar-refractivity contribution < 1.29 is 9.90 Å². The lowest BCUT2D eigenvalue weighted by Crippen LogP contribution is -2.39. The summed E-state index contributed by atoms with van der Waals surface area (Å²) in [4.78, 5) is 12.0. The number of allylic oxidation sites excluding steroid dienone is 3. The fourth-order valence-corrected chi connectivity index (χ4v) is 2.98. The molecular formula is C16H24O2. The van der Waals surface area contributed by atoms with Crippen LogP contribution in [0.3, 0.4) is 0 Å². The summed E-state index contributed by atoms with van der Waals surface area (Å²) in [5, 5.41) is 10.3. The van der Waals surface area contributed by atoms with Gasteiger partial charge in [0.05, 0.1) is 0 Å². The average molecular weight is 248 g/mol. The van der Waals surface area contributed by atoms with Crippen molar-refractivity contribution in [3.63, 3.8) is 0 Å². The van der Waals surface area contributed by atoms with Gasteiger partial charge in [-0.3, -0.25) is 4.79 Å². The Labute approximate surface area is 110 Å². The third-order valence-electron chi connectivity index (χ3n) is 4.21. The zero-order chi connectivity index (χ0) is 12.8. The molecule has 0 spiro atoms. The number of aliphatic hydroxyl groups is 1. The molecule has 0 amide bonds. The van der Waals surface area contributed by atoms with Crippen molar-refractivity contribution in [3.05, 3.63) is 23.8 Å². The highest BCUT2D eigenvalue weighted by Crippen LogP contribution is 2.29. The summed E-state index contributed by atoms with van der Waals surface area (Å²) < 4.78 is 0. The zero-order valence-electron chi connectivity index (χ0n) is 11.2. The summed E-state index contributed by atoms with van der Waals surface area (Å²) in [6, 6.07) is 0. The molecule has 2 rings (SSSR count). The van der Waals surface area contributed by atoms with Gasteiger partial charge in [0.2, 0.25) is 0 Å². The second-order valence-electron chi connectivity index (χ2n) is 5.70. The van der Waals surface area contributed by atoms with Crippen molar-refractivity contribution >= 4 is 5.78 Å². The van der Waals surface area contributed by atoms with E-state index in [0.29, 0.717) is 12.8 Å². The highest BCUT2D eigenvalue weighted by atomic mass is 16.3. The minimum Gasteiger partial charge on any atom is -0.382 e. The molecule has 0 aromatic rings. The van der Waals surface area contributed by atoms with Crippen LogP contribution in [0.25, 0.3) is 0 Å². The first-order valence-corrected chi connectivity index (χ1v) is 7.34. The molecule has 2 saturated carbocycles. The van der Waals surface area contributed by atoms with E-state index in [1.807, 2.05) is 6.08 Å². The van der Waals surface area contributed by atoms with Crippen LogP contribution in [-0.4, -0.2) is 16.5 Å². The van der Waals surface area contributed by atoms with E-state index in [9.17, 15) is 9.90 Å². The monoisotopic (exact) mass is 248 g/mol. The Kier molecular flexibility index (Phi) is 4.76. The van der Waals surface area contributed by atoms with Gasteiger partial charge in [-0.1, -0.05) is 43.4 Å². The quantitative estimate of drug-likeness (QED) is 0.773. The van der Waals surface area contributed by atoms with Crippen LogP contribution in [0.15, 0.2) is 23.8 Å². The Morgan fingerprint density at radius 1 is 1.00 bits per heavy atom. The Morgan fingerprint density at radius 3 is 2.28 bits per heavy atom. The van der Waals surface area contributed by atoms with Crippen LogP contribution < -0.4 is 0 Å². The maximum Gasteiger partial charge on any atom is 0.187 e. The first-order chi connectivity index (χ1) is 8.71. The molecule has 100 valence electrons. The highest BCUT2D eigenvalue weighted by molar-refractivity contribution is 5.97. The zero-order valence-corrected chi connectivity index (χ0v) is 11.2. The predicted octanol–water partition coefficient (Wildman–Crippen LogP) is 3.70. The molecule has 0 aromatic heterocycles. The summed E-state index contributed by atoms with van der Waals surface area (Å²) in [7, 11) is 0. The van der Waals surface area contributed by atoms with E-state index in [-0.39, 0.29) is 5.78 Å². The molecule has 0 heterocycles. The fourth-order valence-electron chi connectivity index (χ4n) is 2.98. The van der Waals surface area contributed by atoms with Gasteiger partial charge >= 0.3 is 0 Å². The largest absolute Gasteiger partial charge is 0.382 e. The lowest BCUT2D eigenvalue weighted by molar-refractivity contribution is -0.135. The van der Waals surface area contributed by atoms with E-state index in [1.54, 1.807) is 6.08 Å². The number of hydrogen-bond donors (Lipinski definition) is 1. The summed E-state index contributed by atoms with van der Waals surface area (Å²) in [5.41, 5.74) is 0.376. The number of ketones is 1. The lowest BCUT2D eigenvalue weighted by atomic mass is 9.81. The second-order valence-corrected chi connectivity index (χ2v) is 5.70. The first-order valence-electron chi connectivity index (χ1n) is 7.34. The van der Waals surface area contributed by atoms with Gasteiger partial charge in [0.15, 0.2) is 5.78 Å². The molecule has 2 fully saturated rings. The molecule has 0 radical (unpaired) electrons. The molecule has 0 unspecified atom stereocenters. The van der Waals surface area contributed by atoms with Gasteiger partial charge in [0, 0.05) is 0 Å². The SMILES string of the molecule is O=C(/C=C\C=C1CCCCC1)C1(O)CCCCC1. The van der Waals surface area contributed by atoms with Crippen molar-refractivity contribution in [2.75, 3.05) is 0 Å². The van der Waals surface area contributed by atoms with E-state index >= 15 is 0 Å². The van der Waals surface area contributed by atoms with E-state index in [4.69, 9.17) is 0 Å². The van der Waals surface area contributed by atoms with Crippen LogP contribution in [-0.2, 0) is 4.79 Å². The minimum atomic E-state index is -1.07. The van der Waals surface area contributed by atoms with Gasteiger partial charge < -0.3 is 5.11 Å². The molecule has 2 aliphatic carbocycles. The van der Waals surface area contributed by atoms with Crippen molar-refractivity contribution in [3.8, 4) is 0 Å². The first kappa shape index (κ1) is 13.5. The number of rotatable bonds is 3. The summed E-state index contributed by atoms with van der Waals surface area (Å²) in [6.45, 7) is 0. The van der Waals surface area contributed by atoms with Gasteiger partial charge in [-0.15, -0.1) is 0 Å². The van der Waals surface area contributed by atoms with Crippen LogP contribution in [0.5, 0.6) is 0 Å². The van der Waals surface area contributed by atoms with Crippen LogP contribution in [0.1, 0.15) is 64.2 Å². The second kappa shape index (κ2) is 6.33. The standard InChI is InChI=1S/C16H24O2/c17-15(16(18)12-5-2-6-13-16)11-7-10-14-8-3-1-4-9-14/h7,10-11,18H,1-6,8-9,12-13H2/b11-7-. The van der Waals surface area contributed by atoms with E-state index in [1.165, 1.54) is 37.7 Å². The lowest BCUT2D eigenvalue weighted by Gasteiger charge is -2.29. The summed E-state index contributed by atoms with van der Waals surface area (Å²) in [6.07, 6.45) is 16.1. The van der Waals surface area contributed by atoms with E-state index < -0.39 is 5.60 Å². The van der Waals surface area contributed by atoms with Gasteiger partial charge in [-0.25, -0.2) is 0 Å². The molecule has 18 heavy (non-hydrogen) atoms. The van der Waals surface area contributed by atoms with Gasteiger partial charge in [-0.2, -0.15) is 0 Å². The number of carbonyl (C=O) groups excluding carboxylic acids is 1. The molecule has 0 aromatic carbocycles. The van der Waals surface area contributed by atoms with Crippen LogP contribution in [0, 0.1) is 0 Å². The van der Waals surface area contributed by atoms with E-state index in [0.717, 1.165) is 19.3 Å². The Morgan fingerprint density at radius 2 is 1.61 bits per heavy atom. The molecular weight excluding hydrogens is 224 g/mol. The minimum absolute atomic E-state index is 0.102. The van der Waals surface area contributed by atoms with Gasteiger partial charge in [0.1, 0.15) is 5.60 Å². The Balaban J connectivity index is 1.89. The van der Waals surface area contributed by atoms with Crippen LogP contribution in [0.2, 0.25) is 0 Å². The molecule has 2 heteroatoms. The van der Waals surface area contributed by atoms with Crippen molar-refractivity contribution in [1.82, 2.24) is 0 Å². The molecule has 0 bridgehead atoms. The van der Waals surface area contributed by atoms with Crippen molar-refractivity contribution in [1.29, 1.82) is 0 Å². The Bertz CT molecular complexity index is 338. The third-order valence-corrected chi connectivity index (χ3v) is 4.21. The third kappa shape index (κ3) is 3.55. The number of hydrogen-bond acceptors (Lipinski definition) is 2. The summed E-state index contributed by atoms with van der Waals surface area (Å²) >= 11 is 0. The molecule has 0 atom stereocenters. The number of carbonyl (C=O) groups is 1. The molecule has 0 aliphatic heterocycles. The normalized spacial score (nSPS) is 24.2. The van der Waals surface area contributed by atoms with Crippen molar-refractivity contribution in [2.45, 2.75) is 69.8 Å². The van der Waals surface area contributed by atoms with Crippen LogP contribution in [0.4, 0.5) is 0 Å². The maximum atomic E-state index is 12.0. The average Bonchev–Trinajstić information content (AvgIpc) is 2.41.